The molecule has 0 unspecified atom stereocenters. The third-order valence-electron chi connectivity index (χ3n) is 2.33. The van der Waals surface area contributed by atoms with Crippen molar-refractivity contribution in [2.45, 2.75) is 13.5 Å². The van der Waals surface area contributed by atoms with Gasteiger partial charge in [-0.2, -0.15) is 0 Å². The van der Waals surface area contributed by atoms with E-state index in [1.165, 1.54) is 0 Å². The smallest absolute Gasteiger partial charge is 0.236 e. The molecule has 1 aromatic carbocycles. The molecule has 0 spiro atoms. The summed E-state index contributed by atoms with van der Waals surface area (Å²) < 4.78 is 0. The molecule has 4 heteroatoms. The number of hydrogen-bond donors (Lipinski definition) is 2. The number of anilines is 1. The molecule has 82 valence electrons. The summed E-state index contributed by atoms with van der Waals surface area (Å²) in [5.74, 6) is -0.360. The lowest BCUT2D eigenvalue weighted by Crippen LogP contribution is -2.30. The fourth-order valence-electron chi connectivity index (χ4n) is 1.42. The van der Waals surface area contributed by atoms with E-state index in [1.54, 1.807) is 11.9 Å². The first kappa shape index (κ1) is 11.5. The van der Waals surface area contributed by atoms with Gasteiger partial charge in [0.1, 0.15) is 0 Å². The lowest BCUT2D eigenvalue weighted by atomic mass is 10.1. The van der Waals surface area contributed by atoms with Gasteiger partial charge < -0.3 is 15.7 Å². The maximum atomic E-state index is 10.7. The lowest BCUT2D eigenvalue weighted by molar-refractivity contribution is -0.116. The molecule has 0 bridgehead atoms. The van der Waals surface area contributed by atoms with Crippen LogP contribution in [-0.4, -0.2) is 24.6 Å². The Kier molecular flexibility index (Phi) is 3.68. The fraction of sp³-hybridized carbons (Fsp3) is 0.364. The molecule has 0 heterocycles. The van der Waals surface area contributed by atoms with Gasteiger partial charge in [0.2, 0.25) is 5.91 Å². The van der Waals surface area contributed by atoms with Crippen molar-refractivity contribution >= 4 is 11.6 Å². The average molecular weight is 208 g/mol. The summed E-state index contributed by atoms with van der Waals surface area (Å²) in [6, 6.07) is 5.64. The van der Waals surface area contributed by atoms with E-state index in [-0.39, 0.29) is 19.1 Å². The maximum absolute atomic E-state index is 10.7. The van der Waals surface area contributed by atoms with Crippen LogP contribution in [0.15, 0.2) is 18.2 Å². The molecule has 1 amide bonds. The number of hydrogen-bond acceptors (Lipinski definition) is 3. The van der Waals surface area contributed by atoms with Crippen molar-refractivity contribution in [3.63, 3.8) is 0 Å². The van der Waals surface area contributed by atoms with Crippen LogP contribution in [0, 0.1) is 6.92 Å². The topological polar surface area (TPSA) is 66.6 Å². The summed E-state index contributed by atoms with van der Waals surface area (Å²) in [4.78, 5) is 12.5. The molecule has 0 saturated heterocycles. The van der Waals surface area contributed by atoms with Gasteiger partial charge in [0.05, 0.1) is 13.2 Å². The van der Waals surface area contributed by atoms with E-state index in [0.29, 0.717) is 0 Å². The minimum absolute atomic E-state index is 0.0334. The molecule has 0 aliphatic carbocycles. The van der Waals surface area contributed by atoms with Gasteiger partial charge in [-0.1, -0.05) is 6.07 Å². The molecule has 4 nitrogen and oxygen atoms in total. The van der Waals surface area contributed by atoms with Crippen molar-refractivity contribution in [2.24, 2.45) is 5.73 Å². The minimum Gasteiger partial charge on any atom is -0.392 e. The van der Waals surface area contributed by atoms with E-state index < -0.39 is 0 Å². The maximum Gasteiger partial charge on any atom is 0.236 e. The number of aryl methyl sites for hydroxylation is 1. The van der Waals surface area contributed by atoms with Crippen LogP contribution < -0.4 is 10.6 Å². The molecule has 1 rings (SSSR count). The molecule has 0 fully saturated rings. The number of carbonyl (C=O) groups is 1. The minimum atomic E-state index is -0.360. The number of nitrogens with zero attached hydrogens (tertiary/aromatic N) is 1. The second kappa shape index (κ2) is 4.79. The molecule has 15 heavy (non-hydrogen) atoms. The van der Waals surface area contributed by atoms with Crippen LogP contribution in [0.4, 0.5) is 5.69 Å². The predicted molar refractivity (Wildman–Crippen MR) is 59.6 cm³/mol. The summed E-state index contributed by atoms with van der Waals surface area (Å²) >= 11 is 0. The van der Waals surface area contributed by atoms with Gasteiger partial charge in [0, 0.05) is 12.7 Å². The van der Waals surface area contributed by atoms with Crippen LogP contribution in [0.5, 0.6) is 0 Å². The normalized spacial score (nSPS) is 10.1. The van der Waals surface area contributed by atoms with Crippen molar-refractivity contribution in [1.82, 2.24) is 0 Å². The monoisotopic (exact) mass is 208 g/mol. The van der Waals surface area contributed by atoms with E-state index in [9.17, 15) is 4.79 Å². The lowest BCUT2D eigenvalue weighted by Gasteiger charge is -2.18. The first-order valence-electron chi connectivity index (χ1n) is 4.74. The Bertz CT molecular complexity index is 364. The second-order valence-electron chi connectivity index (χ2n) is 3.59. The SMILES string of the molecule is Cc1cc(N(C)CC(N)=O)ccc1CO. The van der Waals surface area contributed by atoms with Gasteiger partial charge in [-0.05, 0) is 30.2 Å². The first-order valence-corrected chi connectivity index (χ1v) is 4.74. The average Bonchev–Trinajstić information content (AvgIpc) is 2.16. The number of aliphatic hydroxyl groups is 1. The summed E-state index contributed by atoms with van der Waals surface area (Å²) in [5, 5.41) is 9.01. The highest BCUT2D eigenvalue weighted by molar-refractivity contribution is 5.79. The molecule has 0 aliphatic heterocycles. The van der Waals surface area contributed by atoms with Crippen LogP contribution in [-0.2, 0) is 11.4 Å². The summed E-state index contributed by atoms with van der Waals surface area (Å²) in [5.41, 5.74) is 7.92. The third kappa shape index (κ3) is 2.95. The van der Waals surface area contributed by atoms with Crippen LogP contribution in [0.3, 0.4) is 0 Å². The number of nitrogens with two attached hydrogens (primary N) is 1. The summed E-state index contributed by atoms with van der Waals surface area (Å²) in [6.07, 6.45) is 0. The number of rotatable bonds is 4. The summed E-state index contributed by atoms with van der Waals surface area (Å²) in [6.45, 7) is 2.15. The molecular weight excluding hydrogens is 192 g/mol. The molecule has 3 N–H and O–H groups in total. The fourth-order valence-corrected chi connectivity index (χ4v) is 1.42. The molecule has 0 aromatic heterocycles. The van der Waals surface area contributed by atoms with Crippen LogP contribution in [0.1, 0.15) is 11.1 Å². The number of aliphatic hydroxyl groups excluding tert-OH is 1. The van der Waals surface area contributed by atoms with Crippen LogP contribution >= 0.6 is 0 Å². The van der Waals surface area contributed by atoms with E-state index in [4.69, 9.17) is 10.8 Å². The summed E-state index contributed by atoms with van der Waals surface area (Å²) in [7, 11) is 1.80. The zero-order valence-electron chi connectivity index (χ0n) is 9.03. The number of amides is 1. The van der Waals surface area contributed by atoms with E-state index in [2.05, 4.69) is 0 Å². The predicted octanol–water partition coefficient (Wildman–Crippen LogP) is 0.409. The molecule has 0 saturated carbocycles. The Labute approximate surface area is 89.3 Å². The zero-order valence-corrected chi connectivity index (χ0v) is 9.03. The number of benzene rings is 1. The van der Waals surface area contributed by atoms with E-state index in [1.807, 2.05) is 25.1 Å². The van der Waals surface area contributed by atoms with Gasteiger partial charge >= 0.3 is 0 Å². The Hall–Kier alpha value is -1.55. The third-order valence-corrected chi connectivity index (χ3v) is 2.33. The second-order valence-corrected chi connectivity index (χ2v) is 3.59. The van der Waals surface area contributed by atoms with Crippen molar-refractivity contribution in [3.05, 3.63) is 29.3 Å². The van der Waals surface area contributed by atoms with Crippen molar-refractivity contribution < 1.29 is 9.90 Å². The largest absolute Gasteiger partial charge is 0.392 e. The van der Waals surface area contributed by atoms with Crippen molar-refractivity contribution in [1.29, 1.82) is 0 Å². The Morgan fingerprint density at radius 3 is 2.67 bits per heavy atom. The number of carbonyl (C=O) groups excluding carboxylic acids is 1. The van der Waals surface area contributed by atoms with Gasteiger partial charge in [-0.15, -0.1) is 0 Å². The molecule has 0 atom stereocenters. The first-order chi connectivity index (χ1) is 7.04. The Morgan fingerprint density at radius 2 is 2.20 bits per heavy atom. The van der Waals surface area contributed by atoms with Crippen molar-refractivity contribution in [2.75, 3.05) is 18.5 Å². The number of primary amides is 1. The van der Waals surface area contributed by atoms with Crippen LogP contribution in [0.25, 0.3) is 0 Å². The van der Waals surface area contributed by atoms with E-state index in [0.717, 1.165) is 16.8 Å². The van der Waals surface area contributed by atoms with Gasteiger partial charge in [0.15, 0.2) is 0 Å². The molecular formula is C11H16N2O2. The standard InChI is InChI=1S/C11H16N2O2/c1-8-5-10(4-3-9(8)7-14)13(2)6-11(12)15/h3-5,14H,6-7H2,1-2H3,(H2,12,15). The molecule has 1 aromatic rings. The highest BCUT2D eigenvalue weighted by Crippen LogP contribution is 2.17. The molecule has 0 radical (unpaired) electrons. The molecule has 0 aliphatic rings. The highest BCUT2D eigenvalue weighted by atomic mass is 16.3. The van der Waals surface area contributed by atoms with Gasteiger partial charge in [-0.3, -0.25) is 4.79 Å². The van der Waals surface area contributed by atoms with Crippen molar-refractivity contribution in [3.8, 4) is 0 Å². The Balaban J connectivity index is 2.87. The quantitative estimate of drug-likeness (QED) is 0.753. The van der Waals surface area contributed by atoms with Gasteiger partial charge in [0.25, 0.3) is 0 Å². The number of likely N-dealkylation sites (N-methyl/N-ethyl adjacent to an activating group) is 1. The van der Waals surface area contributed by atoms with E-state index >= 15 is 0 Å². The Morgan fingerprint density at radius 1 is 1.53 bits per heavy atom. The van der Waals surface area contributed by atoms with Crippen LogP contribution in [0.2, 0.25) is 0 Å². The van der Waals surface area contributed by atoms with Gasteiger partial charge in [-0.25, -0.2) is 0 Å². The zero-order chi connectivity index (χ0) is 11.4. The highest BCUT2D eigenvalue weighted by Gasteiger charge is 2.05.